The van der Waals surface area contributed by atoms with Crippen molar-refractivity contribution in [3.8, 4) is 0 Å². The van der Waals surface area contributed by atoms with Crippen molar-refractivity contribution in [3.05, 3.63) is 35.4 Å². The van der Waals surface area contributed by atoms with Crippen LogP contribution < -0.4 is 0 Å². The molecule has 0 heterocycles. The van der Waals surface area contributed by atoms with Gasteiger partial charge in [0.25, 0.3) is 0 Å². The van der Waals surface area contributed by atoms with Crippen LogP contribution in [0.1, 0.15) is 49.1 Å². The minimum atomic E-state index is 0.911. The second-order valence-corrected chi connectivity index (χ2v) is 4.89. The number of aryl methyl sites for hydroxylation is 1. The fourth-order valence-corrected chi connectivity index (χ4v) is 3.43. The molecule has 0 unspecified atom stereocenters. The van der Waals surface area contributed by atoms with Crippen molar-refractivity contribution in [2.45, 2.75) is 44.4 Å². The molecule has 3 rings (SSSR count). The second-order valence-electron chi connectivity index (χ2n) is 4.89. The largest absolute Gasteiger partial charge is 0.0620 e. The van der Waals surface area contributed by atoms with E-state index in [2.05, 4.69) is 24.3 Å². The zero-order chi connectivity index (χ0) is 9.38. The number of hydrogen-bond donors (Lipinski definition) is 0. The number of hydrogen-bond acceptors (Lipinski definition) is 0. The van der Waals surface area contributed by atoms with E-state index in [0.717, 1.165) is 11.8 Å². The first-order chi connectivity index (χ1) is 6.95. The zero-order valence-electron chi connectivity index (χ0n) is 8.71. The molecule has 0 heteroatoms. The summed E-state index contributed by atoms with van der Waals surface area (Å²) in [6, 6.07) is 9.12. The first-order valence-electron chi connectivity index (χ1n) is 6.03. The Labute approximate surface area is 86.3 Å². The monoisotopic (exact) mass is 186 g/mol. The molecule has 1 saturated carbocycles. The first-order valence-corrected chi connectivity index (χ1v) is 6.03. The quantitative estimate of drug-likeness (QED) is 0.576. The summed E-state index contributed by atoms with van der Waals surface area (Å²) in [5, 5.41) is 0. The zero-order valence-corrected chi connectivity index (χ0v) is 8.71. The highest BCUT2D eigenvalue weighted by Gasteiger charge is 2.30. The predicted molar refractivity (Wildman–Crippen MR) is 59.5 cm³/mol. The van der Waals surface area contributed by atoms with Crippen LogP contribution in [-0.4, -0.2) is 0 Å². The molecule has 0 nitrogen and oxygen atoms in total. The van der Waals surface area contributed by atoms with Crippen LogP contribution in [0.3, 0.4) is 0 Å². The average molecular weight is 186 g/mol. The SMILES string of the molecule is c1ccc2c(c1)CC[C@H]1CCCC[C@@H]21. The molecule has 1 aromatic carbocycles. The lowest BCUT2D eigenvalue weighted by molar-refractivity contribution is 0.275. The smallest absolute Gasteiger partial charge is 0.0131 e. The van der Waals surface area contributed by atoms with Crippen LogP contribution in [0.15, 0.2) is 24.3 Å². The number of rotatable bonds is 0. The average Bonchev–Trinajstić information content (AvgIpc) is 2.29. The third-order valence-electron chi connectivity index (χ3n) is 4.15. The lowest BCUT2D eigenvalue weighted by atomic mass is 9.68. The van der Waals surface area contributed by atoms with Crippen LogP contribution in [0.4, 0.5) is 0 Å². The van der Waals surface area contributed by atoms with Gasteiger partial charge in [0, 0.05) is 0 Å². The molecule has 0 spiro atoms. The van der Waals surface area contributed by atoms with Gasteiger partial charge in [0.1, 0.15) is 0 Å². The van der Waals surface area contributed by atoms with Gasteiger partial charge < -0.3 is 0 Å². The summed E-state index contributed by atoms with van der Waals surface area (Å²) in [6.45, 7) is 0. The van der Waals surface area contributed by atoms with Crippen LogP contribution in [-0.2, 0) is 6.42 Å². The van der Waals surface area contributed by atoms with Crippen molar-refractivity contribution >= 4 is 0 Å². The van der Waals surface area contributed by atoms with Crippen LogP contribution in [0, 0.1) is 5.92 Å². The van der Waals surface area contributed by atoms with Crippen molar-refractivity contribution in [1.82, 2.24) is 0 Å². The molecule has 1 fully saturated rings. The normalized spacial score (nSPS) is 30.6. The Kier molecular flexibility index (Phi) is 2.08. The van der Waals surface area contributed by atoms with Crippen molar-refractivity contribution in [2.75, 3.05) is 0 Å². The van der Waals surface area contributed by atoms with Crippen LogP contribution >= 0.6 is 0 Å². The predicted octanol–water partition coefficient (Wildman–Crippen LogP) is 3.91. The molecule has 1 aromatic rings. The van der Waals surface area contributed by atoms with E-state index in [-0.39, 0.29) is 0 Å². The van der Waals surface area contributed by atoms with E-state index >= 15 is 0 Å². The third-order valence-corrected chi connectivity index (χ3v) is 4.15. The van der Waals surface area contributed by atoms with Crippen molar-refractivity contribution in [1.29, 1.82) is 0 Å². The molecule has 2 aliphatic carbocycles. The highest BCUT2D eigenvalue weighted by Crippen LogP contribution is 2.44. The maximum atomic E-state index is 2.37. The fourth-order valence-electron chi connectivity index (χ4n) is 3.43. The minimum Gasteiger partial charge on any atom is -0.0620 e. The summed E-state index contributed by atoms with van der Waals surface area (Å²) in [6.07, 6.45) is 8.64. The summed E-state index contributed by atoms with van der Waals surface area (Å²) in [4.78, 5) is 0. The molecule has 0 amide bonds. The lowest BCUT2D eigenvalue weighted by Gasteiger charge is -2.37. The molecule has 2 atom stereocenters. The minimum absolute atomic E-state index is 0.911. The molecular formula is C14H18. The maximum Gasteiger partial charge on any atom is -0.0131 e. The maximum absolute atomic E-state index is 2.37. The van der Waals surface area contributed by atoms with E-state index in [9.17, 15) is 0 Å². The molecule has 2 aliphatic rings. The van der Waals surface area contributed by atoms with Crippen LogP contribution in [0.2, 0.25) is 0 Å². The van der Waals surface area contributed by atoms with Gasteiger partial charge in [-0.25, -0.2) is 0 Å². The van der Waals surface area contributed by atoms with Gasteiger partial charge in [-0.15, -0.1) is 0 Å². The molecule has 0 bridgehead atoms. The van der Waals surface area contributed by atoms with Gasteiger partial charge in [-0.1, -0.05) is 37.1 Å². The van der Waals surface area contributed by atoms with E-state index in [1.807, 2.05) is 0 Å². The standard InChI is InChI=1S/C14H18/c1-3-7-13-11(5-1)9-10-12-6-2-4-8-14(12)13/h1,3,5,7,12,14H,2,4,6,8-10H2/t12-,14-/m1/s1. The van der Waals surface area contributed by atoms with Crippen molar-refractivity contribution in [2.24, 2.45) is 5.92 Å². The first kappa shape index (κ1) is 8.52. The van der Waals surface area contributed by atoms with Crippen molar-refractivity contribution in [3.63, 3.8) is 0 Å². The Bertz CT molecular complexity index is 327. The van der Waals surface area contributed by atoms with Gasteiger partial charge in [0.05, 0.1) is 0 Å². The molecule has 0 saturated heterocycles. The molecule has 74 valence electrons. The Morgan fingerprint density at radius 3 is 2.79 bits per heavy atom. The second kappa shape index (κ2) is 3.42. The van der Waals surface area contributed by atoms with E-state index < -0.39 is 0 Å². The summed E-state index contributed by atoms with van der Waals surface area (Å²) in [7, 11) is 0. The molecule has 0 aromatic heterocycles. The van der Waals surface area contributed by atoms with E-state index in [1.165, 1.54) is 38.5 Å². The summed E-state index contributed by atoms with van der Waals surface area (Å²) in [5.41, 5.74) is 3.32. The highest BCUT2D eigenvalue weighted by atomic mass is 14.4. The summed E-state index contributed by atoms with van der Waals surface area (Å²) >= 11 is 0. The van der Waals surface area contributed by atoms with Crippen LogP contribution in [0.25, 0.3) is 0 Å². The molecule has 0 radical (unpaired) electrons. The Balaban J connectivity index is 1.99. The van der Waals surface area contributed by atoms with Crippen LogP contribution in [0.5, 0.6) is 0 Å². The van der Waals surface area contributed by atoms with Gasteiger partial charge in [0.15, 0.2) is 0 Å². The Morgan fingerprint density at radius 2 is 1.79 bits per heavy atom. The summed E-state index contributed by atoms with van der Waals surface area (Å²) in [5.74, 6) is 1.92. The highest BCUT2D eigenvalue weighted by molar-refractivity contribution is 5.33. The van der Waals surface area contributed by atoms with Crippen molar-refractivity contribution < 1.29 is 0 Å². The van der Waals surface area contributed by atoms with E-state index in [0.29, 0.717) is 0 Å². The topological polar surface area (TPSA) is 0 Å². The van der Waals surface area contributed by atoms with E-state index in [1.54, 1.807) is 11.1 Å². The van der Waals surface area contributed by atoms with Gasteiger partial charge in [0.2, 0.25) is 0 Å². The Morgan fingerprint density at radius 1 is 0.929 bits per heavy atom. The number of benzene rings is 1. The van der Waals surface area contributed by atoms with Gasteiger partial charge in [-0.05, 0) is 48.6 Å². The lowest BCUT2D eigenvalue weighted by Crippen LogP contribution is -2.23. The molecule has 0 N–H and O–H groups in total. The van der Waals surface area contributed by atoms with Gasteiger partial charge in [-0.3, -0.25) is 0 Å². The molecule has 14 heavy (non-hydrogen) atoms. The molecular weight excluding hydrogens is 168 g/mol. The summed E-state index contributed by atoms with van der Waals surface area (Å²) < 4.78 is 0. The third kappa shape index (κ3) is 1.28. The van der Waals surface area contributed by atoms with Gasteiger partial charge >= 0.3 is 0 Å². The van der Waals surface area contributed by atoms with Gasteiger partial charge in [-0.2, -0.15) is 0 Å². The molecule has 0 aliphatic heterocycles. The van der Waals surface area contributed by atoms with E-state index in [4.69, 9.17) is 0 Å². The number of fused-ring (bicyclic) bond motifs is 3. The Hall–Kier alpha value is -0.780. The fraction of sp³-hybridized carbons (Fsp3) is 0.571.